The minimum Gasteiger partial charge on any atom is -0.507 e. The van der Waals surface area contributed by atoms with Gasteiger partial charge in [-0.3, -0.25) is 0 Å². The first-order valence-corrected chi connectivity index (χ1v) is 9.66. The van der Waals surface area contributed by atoms with Crippen molar-refractivity contribution in [2.75, 3.05) is 0 Å². The van der Waals surface area contributed by atoms with Crippen LogP contribution in [-0.4, -0.2) is 10.6 Å². The predicted molar refractivity (Wildman–Crippen MR) is 124 cm³/mol. The molecule has 0 heterocycles. The molecule has 3 rings (SSSR count). The normalized spacial score (nSPS) is 12.1. The Hall–Kier alpha value is -2.03. The van der Waals surface area contributed by atoms with Gasteiger partial charge in [0.05, 0.1) is 0 Å². The summed E-state index contributed by atoms with van der Waals surface area (Å²) in [5.74, 6) is 0.371. The molecule has 0 saturated heterocycles. The molecular weight excluding hydrogens is 366 g/mol. The fourth-order valence-corrected chi connectivity index (χ4v) is 3.29. The summed E-state index contributed by atoms with van der Waals surface area (Å²) in [6.07, 6.45) is 0. The van der Waals surface area contributed by atoms with Crippen LogP contribution in [-0.2, 0) is 12.0 Å². The molecule has 0 radical (unpaired) electrons. The number of hydrogen-bond acceptors (Lipinski definition) is 2. The van der Waals surface area contributed by atoms with E-state index in [-0.39, 0.29) is 23.4 Å². The maximum Gasteiger partial charge on any atom is 0.127 e. The van der Waals surface area contributed by atoms with Crippen molar-refractivity contribution in [2.24, 2.45) is 0 Å². The summed E-state index contributed by atoms with van der Waals surface area (Å²) in [4.78, 5) is 0. The first-order valence-electron chi connectivity index (χ1n) is 9.66. The van der Waals surface area contributed by atoms with Crippen molar-refractivity contribution in [3.8, 4) is 16.9 Å². The van der Waals surface area contributed by atoms with Crippen LogP contribution in [0.15, 0.2) is 54.6 Å². The van der Waals surface area contributed by atoms with Gasteiger partial charge in [-0.1, -0.05) is 69.3 Å². The molecule has 0 amide bonds. The minimum atomic E-state index is -0.0101. The van der Waals surface area contributed by atoms with Gasteiger partial charge in [-0.15, -0.1) is 12.4 Å². The highest BCUT2D eigenvalue weighted by Crippen LogP contribution is 2.40. The number of benzene rings is 3. The standard InChI is InChI=1S/C25H31NO.ClH/c1-24(2,3)19-14-18(16-26-25(4,5)6)23(27)22(15-19)21-13-9-11-17-10-7-8-12-20(17)21;/h7-15,26-27H,16H2,1-6H3;1H. The van der Waals surface area contributed by atoms with E-state index in [0.29, 0.717) is 12.3 Å². The Morgan fingerprint density at radius 1 is 0.821 bits per heavy atom. The maximum absolute atomic E-state index is 11.1. The van der Waals surface area contributed by atoms with E-state index in [0.717, 1.165) is 22.1 Å². The molecule has 0 unspecified atom stereocenters. The average Bonchev–Trinajstić information content (AvgIpc) is 2.59. The van der Waals surface area contributed by atoms with Gasteiger partial charge in [0.25, 0.3) is 0 Å². The van der Waals surface area contributed by atoms with Crippen LogP contribution < -0.4 is 5.32 Å². The number of phenolic OH excluding ortho intramolecular Hbond substituents is 1. The molecule has 28 heavy (non-hydrogen) atoms. The SMILES string of the molecule is CC(C)(C)NCc1cc(C(C)(C)C)cc(-c2cccc3ccccc23)c1O.Cl. The van der Waals surface area contributed by atoms with Gasteiger partial charge in [-0.2, -0.15) is 0 Å². The van der Waals surface area contributed by atoms with Crippen molar-refractivity contribution in [2.45, 2.75) is 59.0 Å². The monoisotopic (exact) mass is 397 g/mol. The van der Waals surface area contributed by atoms with Crippen molar-refractivity contribution in [1.29, 1.82) is 0 Å². The number of fused-ring (bicyclic) bond motifs is 1. The lowest BCUT2D eigenvalue weighted by atomic mass is 9.83. The highest BCUT2D eigenvalue weighted by Gasteiger charge is 2.21. The Balaban J connectivity index is 0.00000280. The Morgan fingerprint density at radius 3 is 2.11 bits per heavy atom. The lowest BCUT2D eigenvalue weighted by Crippen LogP contribution is -2.35. The molecule has 2 N–H and O–H groups in total. The third-order valence-corrected chi connectivity index (χ3v) is 4.94. The smallest absolute Gasteiger partial charge is 0.127 e. The van der Waals surface area contributed by atoms with Gasteiger partial charge >= 0.3 is 0 Å². The van der Waals surface area contributed by atoms with E-state index in [9.17, 15) is 5.11 Å². The Morgan fingerprint density at radius 2 is 1.46 bits per heavy atom. The number of rotatable bonds is 3. The summed E-state index contributed by atoms with van der Waals surface area (Å²) in [6.45, 7) is 13.7. The first kappa shape index (κ1) is 22.3. The maximum atomic E-state index is 11.1. The summed E-state index contributed by atoms with van der Waals surface area (Å²) >= 11 is 0. The van der Waals surface area contributed by atoms with Gasteiger partial charge in [0.1, 0.15) is 5.75 Å². The van der Waals surface area contributed by atoms with Crippen LogP contribution in [0.4, 0.5) is 0 Å². The van der Waals surface area contributed by atoms with E-state index in [2.05, 4.69) is 101 Å². The molecule has 0 spiro atoms. The lowest BCUT2D eigenvalue weighted by Gasteiger charge is -2.25. The van der Waals surface area contributed by atoms with Crippen molar-refractivity contribution >= 4 is 23.2 Å². The molecule has 0 saturated carbocycles. The molecule has 3 aromatic rings. The molecule has 0 fully saturated rings. The number of hydrogen-bond donors (Lipinski definition) is 2. The van der Waals surface area contributed by atoms with Crippen molar-refractivity contribution in [3.63, 3.8) is 0 Å². The second kappa shape index (κ2) is 8.14. The summed E-state index contributed by atoms with van der Waals surface area (Å²) < 4.78 is 0. The summed E-state index contributed by atoms with van der Waals surface area (Å²) in [5, 5.41) is 17.0. The Labute approximate surface area is 175 Å². The van der Waals surface area contributed by atoms with E-state index in [1.807, 2.05) is 0 Å². The lowest BCUT2D eigenvalue weighted by molar-refractivity contribution is 0.411. The van der Waals surface area contributed by atoms with E-state index in [4.69, 9.17) is 0 Å². The molecule has 150 valence electrons. The fourth-order valence-electron chi connectivity index (χ4n) is 3.29. The quantitative estimate of drug-likeness (QED) is 0.508. The van der Waals surface area contributed by atoms with E-state index in [1.54, 1.807) is 0 Å². The molecule has 0 aliphatic heterocycles. The van der Waals surface area contributed by atoms with Crippen molar-refractivity contribution < 1.29 is 5.11 Å². The van der Waals surface area contributed by atoms with Gasteiger partial charge in [0.2, 0.25) is 0 Å². The highest BCUT2D eigenvalue weighted by molar-refractivity contribution is 5.98. The summed E-state index contributed by atoms with van der Waals surface area (Å²) in [6, 6.07) is 18.9. The Kier molecular flexibility index (Phi) is 6.48. The number of nitrogens with one attached hydrogen (secondary N) is 1. The molecule has 0 bridgehead atoms. The molecule has 3 aromatic carbocycles. The van der Waals surface area contributed by atoms with Gasteiger partial charge in [-0.05, 0) is 54.2 Å². The second-order valence-electron chi connectivity index (χ2n) is 9.41. The van der Waals surface area contributed by atoms with Crippen molar-refractivity contribution in [3.05, 3.63) is 65.7 Å². The third-order valence-electron chi connectivity index (χ3n) is 4.94. The molecule has 0 aliphatic rings. The number of halogens is 1. The third kappa shape index (κ3) is 4.87. The molecule has 2 nitrogen and oxygen atoms in total. The van der Waals surface area contributed by atoms with Crippen LogP contribution in [0.3, 0.4) is 0 Å². The second-order valence-corrected chi connectivity index (χ2v) is 9.41. The molecule has 3 heteroatoms. The van der Waals surface area contributed by atoms with Crippen LogP contribution in [0.5, 0.6) is 5.75 Å². The largest absolute Gasteiger partial charge is 0.507 e. The zero-order chi connectivity index (χ0) is 19.8. The summed E-state index contributed by atoms with van der Waals surface area (Å²) in [7, 11) is 0. The predicted octanol–water partition coefficient (Wildman–Crippen LogP) is 6.82. The van der Waals surface area contributed by atoms with Crippen LogP contribution in [0.1, 0.15) is 52.7 Å². The fraction of sp³-hybridized carbons (Fsp3) is 0.360. The highest BCUT2D eigenvalue weighted by atomic mass is 35.5. The van der Waals surface area contributed by atoms with Gasteiger partial charge in [0.15, 0.2) is 0 Å². The zero-order valence-electron chi connectivity index (χ0n) is 17.8. The van der Waals surface area contributed by atoms with Gasteiger partial charge in [0, 0.05) is 23.2 Å². The molecule has 0 atom stereocenters. The number of aromatic hydroxyl groups is 1. The topological polar surface area (TPSA) is 32.3 Å². The van der Waals surface area contributed by atoms with Crippen LogP contribution >= 0.6 is 12.4 Å². The zero-order valence-corrected chi connectivity index (χ0v) is 18.6. The van der Waals surface area contributed by atoms with E-state index < -0.39 is 0 Å². The molecule has 0 aromatic heterocycles. The Bertz CT molecular complexity index is 959. The van der Waals surface area contributed by atoms with E-state index >= 15 is 0 Å². The van der Waals surface area contributed by atoms with Crippen LogP contribution in [0.2, 0.25) is 0 Å². The van der Waals surface area contributed by atoms with Crippen LogP contribution in [0.25, 0.3) is 21.9 Å². The van der Waals surface area contributed by atoms with Crippen molar-refractivity contribution in [1.82, 2.24) is 5.32 Å². The van der Waals surface area contributed by atoms with E-state index in [1.165, 1.54) is 10.9 Å². The van der Waals surface area contributed by atoms with Gasteiger partial charge in [-0.25, -0.2) is 0 Å². The average molecular weight is 398 g/mol. The molecular formula is C25H32ClNO. The molecule has 0 aliphatic carbocycles. The van der Waals surface area contributed by atoms with Gasteiger partial charge < -0.3 is 10.4 Å². The first-order chi connectivity index (χ1) is 12.6. The number of phenols is 1. The summed E-state index contributed by atoms with van der Waals surface area (Å²) in [5.41, 5.74) is 4.15. The minimum absolute atomic E-state index is 0. The van der Waals surface area contributed by atoms with Crippen LogP contribution in [0, 0.1) is 0 Å².